The average molecular weight is 344 g/mol. The molecule has 0 saturated heterocycles. The number of rotatable bonds is 8. The van der Waals surface area contributed by atoms with E-state index in [1.807, 2.05) is 36.2 Å². The first-order chi connectivity index (χ1) is 12.0. The van der Waals surface area contributed by atoms with Crippen LogP contribution in [0.25, 0.3) is 0 Å². The molecular formula is C19H24N2O4. The van der Waals surface area contributed by atoms with Gasteiger partial charge in [0.2, 0.25) is 5.91 Å². The molecule has 6 heteroatoms. The van der Waals surface area contributed by atoms with E-state index in [1.165, 1.54) is 0 Å². The van der Waals surface area contributed by atoms with Crippen molar-refractivity contribution >= 4 is 11.6 Å². The van der Waals surface area contributed by atoms with Crippen LogP contribution in [0.3, 0.4) is 0 Å². The minimum Gasteiger partial charge on any atom is -0.497 e. The van der Waals surface area contributed by atoms with Crippen LogP contribution in [-0.4, -0.2) is 45.7 Å². The minimum absolute atomic E-state index is 0.128. The van der Waals surface area contributed by atoms with Crippen molar-refractivity contribution in [2.24, 2.45) is 0 Å². The molecule has 0 aliphatic carbocycles. The lowest BCUT2D eigenvalue weighted by Crippen LogP contribution is -2.30. The second-order valence-corrected chi connectivity index (χ2v) is 5.64. The zero-order valence-electron chi connectivity index (χ0n) is 15.0. The zero-order valence-corrected chi connectivity index (χ0v) is 15.0. The highest BCUT2D eigenvalue weighted by atomic mass is 16.5. The summed E-state index contributed by atoms with van der Waals surface area (Å²) in [6, 6.07) is 13.1. The van der Waals surface area contributed by atoms with E-state index < -0.39 is 0 Å². The molecule has 2 aromatic rings. The van der Waals surface area contributed by atoms with Gasteiger partial charge in [-0.1, -0.05) is 12.1 Å². The topological polar surface area (TPSA) is 60.0 Å². The fraction of sp³-hybridized carbons (Fsp3) is 0.316. The molecule has 0 fully saturated rings. The van der Waals surface area contributed by atoms with Crippen LogP contribution in [0.1, 0.15) is 5.56 Å². The summed E-state index contributed by atoms with van der Waals surface area (Å²) in [6.45, 7) is 0.886. The third-order valence-corrected chi connectivity index (χ3v) is 3.68. The number of hydrogen-bond acceptors (Lipinski definition) is 5. The van der Waals surface area contributed by atoms with Gasteiger partial charge < -0.3 is 19.5 Å². The van der Waals surface area contributed by atoms with E-state index in [9.17, 15) is 4.79 Å². The van der Waals surface area contributed by atoms with E-state index in [1.54, 1.807) is 39.5 Å². The van der Waals surface area contributed by atoms with Crippen molar-refractivity contribution in [2.75, 3.05) is 40.2 Å². The number of methoxy groups -OCH3 is 3. The number of likely N-dealkylation sites (N-methyl/N-ethyl adjacent to an activating group) is 1. The van der Waals surface area contributed by atoms with Crippen LogP contribution in [0.5, 0.6) is 17.2 Å². The molecule has 0 aliphatic heterocycles. The summed E-state index contributed by atoms with van der Waals surface area (Å²) in [5, 5.41) is 2.87. The van der Waals surface area contributed by atoms with E-state index in [0.717, 1.165) is 11.3 Å². The van der Waals surface area contributed by atoms with E-state index in [4.69, 9.17) is 14.2 Å². The Morgan fingerprint density at radius 3 is 2.40 bits per heavy atom. The van der Waals surface area contributed by atoms with Gasteiger partial charge in [-0.2, -0.15) is 0 Å². The van der Waals surface area contributed by atoms with Crippen molar-refractivity contribution in [1.29, 1.82) is 0 Å². The summed E-state index contributed by atoms with van der Waals surface area (Å²) in [5.41, 5.74) is 1.66. The Morgan fingerprint density at radius 2 is 1.72 bits per heavy atom. The number of carbonyl (C=O) groups excluding carboxylic acids is 1. The maximum absolute atomic E-state index is 12.3. The van der Waals surface area contributed by atoms with Gasteiger partial charge in [0.15, 0.2) is 0 Å². The van der Waals surface area contributed by atoms with Crippen LogP contribution in [0, 0.1) is 0 Å². The number of amides is 1. The summed E-state index contributed by atoms with van der Waals surface area (Å²) in [7, 11) is 6.67. The molecule has 0 aliphatic rings. The smallest absolute Gasteiger partial charge is 0.238 e. The highest BCUT2D eigenvalue weighted by Crippen LogP contribution is 2.28. The Bertz CT molecular complexity index is 718. The average Bonchev–Trinajstić information content (AvgIpc) is 2.61. The van der Waals surface area contributed by atoms with Gasteiger partial charge in [-0.25, -0.2) is 0 Å². The summed E-state index contributed by atoms with van der Waals surface area (Å²) in [5.74, 6) is 1.92. The fourth-order valence-electron chi connectivity index (χ4n) is 2.49. The first-order valence-corrected chi connectivity index (χ1v) is 7.89. The Kier molecular flexibility index (Phi) is 6.65. The zero-order chi connectivity index (χ0) is 18.2. The van der Waals surface area contributed by atoms with Crippen molar-refractivity contribution in [2.45, 2.75) is 6.54 Å². The molecule has 0 spiro atoms. The SMILES string of the molecule is COc1cccc(CN(C)CC(=O)Nc2cc(OC)ccc2OC)c1. The molecule has 1 N–H and O–H groups in total. The van der Waals surface area contributed by atoms with E-state index in [0.29, 0.717) is 23.7 Å². The Balaban J connectivity index is 1.97. The number of nitrogens with one attached hydrogen (secondary N) is 1. The highest BCUT2D eigenvalue weighted by molar-refractivity contribution is 5.93. The first-order valence-electron chi connectivity index (χ1n) is 7.89. The predicted molar refractivity (Wildman–Crippen MR) is 97.5 cm³/mol. The summed E-state index contributed by atoms with van der Waals surface area (Å²) in [6.07, 6.45) is 0. The van der Waals surface area contributed by atoms with Gasteiger partial charge in [0.05, 0.1) is 33.6 Å². The normalized spacial score (nSPS) is 10.4. The van der Waals surface area contributed by atoms with Gasteiger partial charge in [0, 0.05) is 12.6 Å². The number of anilines is 1. The fourth-order valence-corrected chi connectivity index (χ4v) is 2.49. The van der Waals surface area contributed by atoms with Gasteiger partial charge in [0.25, 0.3) is 0 Å². The molecule has 134 valence electrons. The molecule has 1 amide bonds. The number of carbonyl (C=O) groups is 1. The number of ether oxygens (including phenoxy) is 3. The van der Waals surface area contributed by atoms with Crippen LogP contribution in [0.2, 0.25) is 0 Å². The quantitative estimate of drug-likeness (QED) is 0.798. The lowest BCUT2D eigenvalue weighted by molar-refractivity contribution is -0.117. The van der Waals surface area contributed by atoms with Crippen molar-refractivity contribution < 1.29 is 19.0 Å². The molecule has 0 bridgehead atoms. The summed E-state index contributed by atoms with van der Waals surface area (Å²) < 4.78 is 15.7. The van der Waals surface area contributed by atoms with Crippen LogP contribution < -0.4 is 19.5 Å². The standard InChI is InChI=1S/C19H24N2O4/c1-21(12-14-6-5-7-15(10-14)23-2)13-19(22)20-17-11-16(24-3)8-9-18(17)25-4/h5-11H,12-13H2,1-4H3,(H,20,22). The molecule has 0 unspecified atom stereocenters. The predicted octanol–water partition coefficient (Wildman–Crippen LogP) is 2.78. The van der Waals surface area contributed by atoms with E-state index in [2.05, 4.69) is 5.32 Å². The van der Waals surface area contributed by atoms with Crippen LogP contribution in [-0.2, 0) is 11.3 Å². The molecule has 0 aromatic heterocycles. The molecule has 2 aromatic carbocycles. The molecule has 25 heavy (non-hydrogen) atoms. The van der Waals surface area contributed by atoms with Crippen LogP contribution >= 0.6 is 0 Å². The maximum atomic E-state index is 12.3. The van der Waals surface area contributed by atoms with Crippen LogP contribution in [0.15, 0.2) is 42.5 Å². The van der Waals surface area contributed by atoms with Crippen molar-refractivity contribution in [1.82, 2.24) is 4.90 Å². The highest BCUT2D eigenvalue weighted by Gasteiger charge is 2.12. The molecule has 6 nitrogen and oxygen atoms in total. The van der Waals surface area contributed by atoms with Gasteiger partial charge in [0.1, 0.15) is 17.2 Å². The van der Waals surface area contributed by atoms with Gasteiger partial charge >= 0.3 is 0 Å². The Hall–Kier alpha value is -2.73. The van der Waals surface area contributed by atoms with Crippen molar-refractivity contribution in [3.63, 3.8) is 0 Å². The Labute approximate surface area is 148 Å². The van der Waals surface area contributed by atoms with Gasteiger partial charge in [-0.05, 0) is 36.9 Å². The monoisotopic (exact) mass is 344 g/mol. The third kappa shape index (κ3) is 5.39. The lowest BCUT2D eigenvalue weighted by atomic mass is 10.2. The first kappa shape index (κ1) is 18.6. The summed E-state index contributed by atoms with van der Waals surface area (Å²) in [4.78, 5) is 14.3. The van der Waals surface area contributed by atoms with Crippen molar-refractivity contribution in [3.05, 3.63) is 48.0 Å². The number of benzene rings is 2. The Morgan fingerprint density at radius 1 is 1.00 bits per heavy atom. The minimum atomic E-state index is -0.128. The summed E-state index contributed by atoms with van der Waals surface area (Å²) >= 11 is 0. The van der Waals surface area contributed by atoms with Crippen LogP contribution in [0.4, 0.5) is 5.69 Å². The van der Waals surface area contributed by atoms with E-state index in [-0.39, 0.29) is 12.5 Å². The molecule has 2 rings (SSSR count). The number of hydrogen-bond donors (Lipinski definition) is 1. The van der Waals surface area contributed by atoms with E-state index >= 15 is 0 Å². The second kappa shape index (κ2) is 8.94. The molecule has 0 radical (unpaired) electrons. The largest absolute Gasteiger partial charge is 0.497 e. The third-order valence-electron chi connectivity index (χ3n) is 3.68. The van der Waals surface area contributed by atoms with Gasteiger partial charge in [-0.3, -0.25) is 9.69 Å². The van der Waals surface area contributed by atoms with Gasteiger partial charge in [-0.15, -0.1) is 0 Å². The molecule has 0 saturated carbocycles. The molecule has 0 atom stereocenters. The number of nitrogens with zero attached hydrogens (tertiary/aromatic N) is 1. The maximum Gasteiger partial charge on any atom is 0.238 e. The molecule has 0 heterocycles. The molecular weight excluding hydrogens is 320 g/mol. The lowest BCUT2D eigenvalue weighted by Gasteiger charge is -2.18. The second-order valence-electron chi connectivity index (χ2n) is 5.64. The van der Waals surface area contributed by atoms with Crippen molar-refractivity contribution in [3.8, 4) is 17.2 Å².